The number of nitriles is 1. The van der Waals surface area contributed by atoms with Gasteiger partial charge >= 0.3 is 5.97 Å². The first-order valence-corrected chi connectivity index (χ1v) is 11.0. The Bertz CT molecular complexity index is 1180. The van der Waals surface area contributed by atoms with Gasteiger partial charge < -0.3 is 15.0 Å². The van der Waals surface area contributed by atoms with Crippen molar-refractivity contribution in [3.05, 3.63) is 64.3 Å². The van der Waals surface area contributed by atoms with Crippen LogP contribution >= 0.6 is 0 Å². The third-order valence-electron chi connectivity index (χ3n) is 6.65. The number of carboxylic acid groups (broad SMARTS) is 1. The van der Waals surface area contributed by atoms with E-state index in [4.69, 9.17) is 0 Å². The zero-order valence-corrected chi connectivity index (χ0v) is 18.5. The number of fused-ring (bicyclic) bond motifs is 1. The number of aromatic carboxylic acids is 1. The molecular weight excluding hydrogens is 386 g/mol. The smallest absolute Gasteiger partial charge is 0.338 e. The molecule has 31 heavy (non-hydrogen) atoms. The quantitative estimate of drug-likeness (QED) is 0.567. The fourth-order valence-corrected chi connectivity index (χ4v) is 4.78. The van der Waals surface area contributed by atoms with Crippen LogP contribution in [0.3, 0.4) is 0 Å². The maximum atomic E-state index is 12.3. The van der Waals surface area contributed by atoms with Gasteiger partial charge in [0.2, 0.25) is 0 Å². The van der Waals surface area contributed by atoms with Gasteiger partial charge in [0.15, 0.2) is 0 Å². The Morgan fingerprint density at radius 2 is 1.90 bits per heavy atom. The van der Waals surface area contributed by atoms with Gasteiger partial charge in [0, 0.05) is 40.8 Å². The number of carboxylic acids is 1. The van der Waals surface area contributed by atoms with Gasteiger partial charge in [-0.25, -0.2) is 4.79 Å². The second-order valence-corrected chi connectivity index (χ2v) is 8.92. The predicted octanol–water partition coefficient (Wildman–Crippen LogP) is 5.62. The molecule has 0 aliphatic carbocycles. The fraction of sp³-hybridized carbons (Fsp3) is 0.385. The van der Waals surface area contributed by atoms with Crippen LogP contribution in [-0.4, -0.2) is 29.1 Å². The molecule has 3 aromatic rings. The minimum atomic E-state index is -0.958. The average molecular weight is 416 g/mol. The summed E-state index contributed by atoms with van der Waals surface area (Å²) in [5.41, 5.74) is 5.27. The molecule has 160 valence electrons. The van der Waals surface area contributed by atoms with Crippen LogP contribution in [0, 0.1) is 11.3 Å². The number of carbonyl (C=O) groups is 1. The lowest BCUT2D eigenvalue weighted by Crippen LogP contribution is -2.31. The molecule has 1 aromatic heterocycles. The van der Waals surface area contributed by atoms with E-state index in [0.717, 1.165) is 25.1 Å². The summed E-state index contributed by atoms with van der Waals surface area (Å²) in [5, 5.41) is 19.9. The Morgan fingerprint density at radius 1 is 1.16 bits per heavy atom. The summed E-state index contributed by atoms with van der Waals surface area (Å²) in [7, 11) is 0. The third-order valence-corrected chi connectivity index (χ3v) is 6.65. The topological polar surface area (TPSA) is 80.1 Å². The Kier molecular flexibility index (Phi) is 5.49. The molecule has 0 atom stereocenters. The van der Waals surface area contributed by atoms with Crippen molar-refractivity contribution in [1.82, 2.24) is 4.98 Å². The minimum Gasteiger partial charge on any atom is -0.478 e. The molecule has 2 aromatic carbocycles. The Balaban J connectivity index is 1.86. The molecule has 0 spiro atoms. The number of nitrogens with zero attached hydrogens (tertiary/aromatic N) is 2. The summed E-state index contributed by atoms with van der Waals surface area (Å²) in [6.07, 6.45) is 4.67. The highest BCUT2D eigenvalue weighted by Gasteiger charge is 2.32. The standard InChI is InChI=1S/C26H29N3O2/c1-4-18-9-10-19(15-22(18)29-12-6-5-7-13-29)26(2,3)24-23(25(30)31)20-11-8-17(16-27)14-21(20)28-24/h8-11,14-15,28H,4-7,12-13H2,1-3H3,(H,30,31). The number of aromatic nitrogens is 1. The van der Waals surface area contributed by atoms with E-state index in [1.165, 1.54) is 30.5 Å². The van der Waals surface area contributed by atoms with Gasteiger partial charge in [0.1, 0.15) is 0 Å². The molecular formula is C26H29N3O2. The van der Waals surface area contributed by atoms with Crippen LogP contribution in [0.1, 0.15) is 72.8 Å². The Hall–Kier alpha value is -3.26. The number of benzene rings is 2. The summed E-state index contributed by atoms with van der Waals surface area (Å²) in [6.45, 7) is 8.45. The van der Waals surface area contributed by atoms with Gasteiger partial charge in [-0.2, -0.15) is 5.26 Å². The third kappa shape index (κ3) is 3.67. The Labute approximate surface area is 183 Å². The summed E-state index contributed by atoms with van der Waals surface area (Å²) in [4.78, 5) is 18.1. The van der Waals surface area contributed by atoms with E-state index in [1.807, 2.05) is 0 Å². The number of aromatic amines is 1. The maximum Gasteiger partial charge on any atom is 0.338 e. The van der Waals surface area contributed by atoms with Gasteiger partial charge in [0.05, 0.1) is 17.2 Å². The number of nitrogens with one attached hydrogen (secondary N) is 1. The largest absolute Gasteiger partial charge is 0.478 e. The SMILES string of the molecule is CCc1ccc(C(C)(C)c2[nH]c3cc(C#N)ccc3c2C(=O)O)cc1N1CCCCC1. The van der Waals surface area contributed by atoms with E-state index in [1.54, 1.807) is 18.2 Å². The monoisotopic (exact) mass is 415 g/mol. The highest BCUT2D eigenvalue weighted by molar-refractivity contribution is 6.05. The molecule has 4 rings (SSSR count). The summed E-state index contributed by atoms with van der Waals surface area (Å²) >= 11 is 0. The van der Waals surface area contributed by atoms with Gasteiger partial charge in [-0.3, -0.25) is 0 Å². The molecule has 1 fully saturated rings. The highest BCUT2D eigenvalue weighted by atomic mass is 16.4. The van der Waals surface area contributed by atoms with Crippen molar-refractivity contribution in [2.24, 2.45) is 0 Å². The molecule has 5 nitrogen and oxygen atoms in total. The minimum absolute atomic E-state index is 0.281. The second kappa shape index (κ2) is 8.11. The van der Waals surface area contributed by atoms with E-state index in [0.29, 0.717) is 22.2 Å². The number of piperidine rings is 1. The van der Waals surface area contributed by atoms with Crippen molar-refractivity contribution < 1.29 is 9.90 Å². The van der Waals surface area contributed by atoms with E-state index in [9.17, 15) is 15.2 Å². The van der Waals surface area contributed by atoms with Gasteiger partial charge in [-0.1, -0.05) is 39.0 Å². The predicted molar refractivity (Wildman–Crippen MR) is 124 cm³/mol. The zero-order chi connectivity index (χ0) is 22.2. The first-order chi connectivity index (χ1) is 14.9. The molecule has 1 saturated heterocycles. The zero-order valence-electron chi connectivity index (χ0n) is 18.5. The van der Waals surface area contributed by atoms with Crippen LogP contribution < -0.4 is 4.90 Å². The highest BCUT2D eigenvalue weighted by Crippen LogP contribution is 2.39. The van der Waals surface area contributed by atoms with E-state index < -0.39 is 11.4 Å². The molecule has 1 aliphatic heterocycles. The molecule has 1 aliphatic rings. The van der Waals surface area contributed by atoms with Crippen LogP contribution in [0.4, 0.5) is 5.69 Å². The lowest BCUT2D eigenvalue weighted by molar-refractivity contribution is 0.0696. The lowest BCUT2D eigenvalue weighted by Gasteiger charge is -2.33. The van der Waals surface area contributed by atoms with Crippen molar-refractivity contribution >= 4 is 22.6 Å². The average Bonchev–Trinajstić information content (AvgIpc) is 3.19. The summed E-state index contributed by atoms with van der Waals surface area (Å²) in [6, 6.07) is 13.8. The van der Waals surface area contributed by atoms with E-state index >= 15 is 0 Å². The molecule has 0 radical (unpaired) electrons. The molecule has 0 amide bonds. The van der Waals surface area contributed by atoms with Crippen molar-refractivity contribution in [3.8, 4) is 6.07 Å². The first kappa shape index (κ1) is 21.0. The molecule has 5 heteroatoms. The van der Waals surface area contributed by atoms with Crippen LogP contribution in [0.25, 0.3) is 10.9 Å². The van der Waals surface area contributed by atoms with E-state index in [-0.39, 0.29) is 5.56 Å². The van der Waals surface area contributed by atoms with Crippen LogP contribution in [0.2, 0.25) is 0 Å². The molecule has 0 unspecified atom stereocenters. The summed E-state index contributed by atoms with van der Waals surface area (Å²) in [5.74, 6) is -0.958. The Morgan fingerprint density at radius 3 is 2.55 bits per heavy atom. The number of aryl methyl sites for hydroxylation is 1. The second-order valence-electron chi connectivity index (χ2n) is 8.92. The molecule has 2 N–H and O–H groups in total. The van der Waals surface area contributed by atoms with Crippen molar-refractivity contribution in [1.29, 1.82) is 5.26 Å². The maximum absolute atomic E-state index is 12.3. The summed E-state index contributed by atoms with van der Waals surface area (Å²) < 4.78 is 0. The number of anilines is 1. The molecule has 0 saturated carbocycles. The van der Waals surface area contributed by atoms with Gasteiger partial charge in [-0.15, -0.1) is 0 Å². The van der Waals surface area contributed by atoms with Crippen LogP contribution in [-0.2, 0) is 11.8 Å². The van der Waals surface area contributed by atoms with Gasteiger partial charge in [-0.05, 0) is 55.0 Å². The normalized spacial score (nSPS) is 14.6. The van der Waals surface area contributed by atoms with Crippen molar-refractivity contribution in [2.45, 2.75) is 51.9 Å². The van der Waals surface area contributed by atoms with Crippen LogP contribution in [0.5, 0.6) is 0 Å². The number of hydrogen-bond acceptors (Lipinski definition) is 3. The van der Waals surface area contributed by atoms with Crippen LogP contribution in [0.15, 0.2) is 36.4 Å². The number of rotatable bonds is 5. The van der Waals surface area contributed by atoms with E-state index in [2.05, 4.69) is 54.9 Å². The first-order valence-electron chi connectivity index (χ1n) is 11.0. The fourth-order valence-electron chi connectivity index (χ4n) is 4.78. The molecule has 2 heterocycles. The van der Waals surface area contributed by atoms with Crippen molar-refractivity contribution in [2.75, 3.05) is 18.0 Å². The number of hydrogen-bond donors (Lipinski definition) is 2. The van der Waals surface area contributed by atoms with Crippen molar-refractivity contribution in [3.63, 3.8) is 0 Å². The lowest BCUT2D eigenvalue weighted by atomic mass is 9.79. The molecule has 0 bridgehead atoms. The number of H-pyrrole nitrogens is 1. The van der Waals surface area contributed by atoms with Gasteiger partial charge in [0.25, 0.3) is 0 Å².